The number of carbonyl (C=O) groups is 7. The number of aliphatic carboxylic acids is 1. The number of para-hydroxylation sites is 2. The number of hydrogen-bond donors (Lipinski definition) is 3. The van der Waals surface area contributed by atoms with E-state index in [4.69, 9.17) is 5.11 Å². The van der Waals surface area contributed by atoms with E-state index in [0.717, 1.165) is 4.90 Å². The highest BCUT2D eigenvalue weighted by Crippen LogP contribution is 2.32. The van der Waals surface area contributed by atoms with Gasteiger partial charge in [0.2, 0.25) is 17.6 Å². The van der Waals surface area contributed by atoms with Gasteiger partial charge in [0.1, 0.15) is 18.9 Å². The van der Waals surface area contributed by atoms with Gasteiger partial charge in [-0.05, 0) is 12.1 Å². The van der Waals surface area contributed by atoms with Gasteiger partial charge in [-0.2, -0.15) is 0 Å². The van der Waals surface area contributed by atoms with Crippen molar-refractivity contribution in [3.63, 3.8) is 0 Å². The molecule has 2 aromatic rings. The first kappa shape index (κ1) is 26.7. The van der Waals surface area contributed by atoms with Crippen LogP contribution in [0.5, 0.6) is 0 Å². The Labute approximate surface area is 211 Å². The van der Waals surface area contributed by atoms with Crippen LogP contribution < -0.4 is 20.4 Å². The number of amides is 4. The van der Waals surface area contributed by atoms with Gasteiger partial charge in [0.15, 0.2) is 0 Å². The summed E-state index contributed by atoms with van der Waals surface area (Å²) in [5.74, 6) is -5.37. The molecule has 1 heterocycles. The van der Waals surface area contributed by atoms with Crippen LogP contribution in [0.1, 0.15) is 23.7 Å². The highest BCUT2D eigenvalue weighted by molar-refractivity contribution is 6.43. The molecule has 0 aromatic heterocycles. The summed E-state index contributed by atoms with van der Waals surface area (Å²) in [4.78, 5) is 88.4. The molecule has 12 heteroatoms. The number of ketones is 1. The molecule has 192 valence electrons. The van der Waals surface area contributed by atoms with Crippen molar-refractivity contribution in [2.75, 3.05) is 22.9 Å². The number of aldehydes is 1. The van der Waals surface area contributed by atoms with Crippen molar-refractivity contribution < 1.29 is 38.7 Å². The van der Waals surface area contributed by atoms with Gasteiger partial charge in [-0.15, -0.1) is 0 Å². The van der Waals surface area contributed by atoms with Crippen molar-refractivity contribution in [3.8, 4) is 0 Å². The topological polar surface area (TPSA) is 170 Å². The SMILES string of the molecule is CC(=O)N1CC(NC(=O)C(=O)c2ccccc2)C(=O)N(CC(=O)NC(C=O)CC(=O)O)c2ccccc21. The van der Waals surface area contributed by atoms with E-state index in [-0.39, 0.29) is 29.8 Å². The smallest absolute Gasteiger partial charge is 0.305 e. The molecule has 1 aliphatic rings. The van der Waals surface area contributed by atoms with Gasteiger partial charge in [0.25, 0.3) is 11.8 Å². The molecule has 0 saturated carbocycles. The zero-order valence-electron chi connectivity index (χ0n) is 19.7. The lowest BCUT2D eigenvalue weighted by molar-refractivity contribution is -0.139. The highest BCUT2D eigenvalue weighted by Gasteiger charge is 2.37. The molecule has 0 aliphatic carbocycles. The van der Waals surface area contributed by atoms with Crippen LogP contribution in [0.2, 0.25) is 0 Å². The molecule has 2 atom stereocenters. The van der Waals surface area contributed by atoms with E-state index in [2.05, 4.69) is 10.6 Å². The predicted octanol–water partition coefficient (Wildman–Crippen LogP) is -0.0878. The zero-order chi connectivity index (χ0) is 27.1. The summed E-state index contributed by atoms with van der Waals surface area (Å²) in [5.41, 5.74) is 0.548. The molecule has 37 heavy (non-hydrogen) atoms. The Morgan fingerprint density at radius 1 is 1.03 bits per heavy atom. The summed E-state index contributed by atoms with van der Waals surface area (Å²) >= 11 is 0. The van der Waals surface area contributed by atoms with Crippen LogP contribution in [-0.2, 0) is 28.8 Å². The summed E-state index contributed by atoms with van der Waals surface area (Å²) in [6, 6.07) is 11.2. The molecule has 0 spiro atoms. The Morgan fingerprint density at radius 2 is 1.65 bits per heavy atom. The molecular weight excluding hydrogens is 484 g/mol. The molecule has 0 saturated heterocycles. The van der Waals surface area contributed by atoms with E-state index < -0.39 is 60.4 Å². The van der Waals surface area contributed by atoms with Crippen LogP contribution in [0.4, 0.5) is 11.4 Å². The lowest BCUT2D eigenvalue weighted by Gasteiger charge is -2.25. The first-order chi connectivity index (χ1) is 17.6. The lowest BCUT2D eigenvalue weighted by atomic mass is 10.1. The Balaban J connectivity index is 1.92. The molecule has 2 unspecified atom stereocenters. The van der Waals surface area contributed by atoms with Gasteiger partial charge in [0, 0.05) is 12.5 Å². The van der Waals surface area contributed by atoms with Crippen molar-refractivity contribution in [1.29, 1.82) is 0 Å². The highest BCUT2D eigenvalue weighted by atomic mass is 16.4. The normalized spacial score (nSPS) is 15.6. The van der Waals surface area contributed by atoms with Crippen LogP contribution in [-0.4, -0.2) is 71.9 Å². The first-order valence-corrected chi connectivity index (χ1v) is 11.2. The Hall–Kier alpha value is -4.87. The van der Waals surface area contributed by atoms with Crippen LogP contribution in [0.25, 0.3) is 0 Å². The number of Topliss-reactive ketones (excluding diaryl/α,β-unsaturated/α-hetero) is 1. The number of rotatable bonds is 9. The van der Waals surface area contributed by atoms with Crippen molar-refractivity contribution in [1.82, 2.24) is 10.6 Å². The molecule has 0 bridgehead atoms. The summed E-state index contributed by atoms with van der Waals surface area (Å²) in [5, 5.41) is 13.5. The number of carbonyl (C=O) groups excluding carboxylic acids is 6. The Morgan fingerprint density at radius 3 is 2.24 bits per heavy atom. The number of nitrogens with zero attached hydrogens (tertiary/aromatic N) is 2. The monoisotopic (exact) mass is 508 g/mol. The van der Waals surface area contributed by atoms with E-state index >= 15 is 0 Å². The van der Waals surface area contributed by atoms with E-state index in [1.54, 1.807) is 36.4 Å². The Kier molecular flexibility index (Phi) is 8.46. The minimum Gasteiger partial charge on any atom is -0.481 e. The molecule has 1 aliphatic heterocycles. The molecule has 0 fully saturated rings. The lowest BCUT2D eigenvalue weighted by Crippen LogP contribution is -2.55. The van der Waals surface area contributed by atoms with Crippen molar-refractivity contribution in [2.24, 2.45) is 0 Å². The maximum atomic E-state index is 13.6. The van der Waals surface area contributed by atoms with Crippen LogP contribution >= 0.6 is 0 Å². The number of nitrogens with one attached hydrogen (secondary N) is 2. The number of carboxylic acid groups (broad SMARTS) is 1. The maximum Gasteiger partial charge on any atom is 0.305 e. The van der Waals surface area contributed by atoms with Gasteiger partial charge in [-0.3, -0.25) is 33.7 Å². The summed E-state index contributed by atoms with van der Waals surface area (Å²) in [7, 11) is 0. The summed E-state index contributed by atoms with van der Waals surface area (Å²) in [6.07, 6.45) is -0.391. The van der Waals surface area contributed by atoms with Gasteiger partial charge < -0.3 is 25.4 Å². The Bertz CT molecular complexity index is 1250. The minimum atomic E-state index is -1.40. The predicted molar refractivity (Wildman–Crippen MR) is 130 cm³/mol. The number of benzene rings is 2. The third-order valence-electron chi connectivity index (χ3n) is 5.53. The molecule has 12 nitrogen and oxygen atoms in total. The van der Waals surface area contributed by atoms with Crippen molar-refractivity contribution in [3.05, 3.63) is 60.2 Å². The molecule has 3 rings (SSSR count). The maximum absolute atomic E-state index is 13.6. The molecule has 2 aromatic carbocycles. The van der Waals surface area contributed by atoms with Gasteiger partial charge in [0.05, 0.1) is 30.4 Å². The second-order valence-corrected chi connectivity index (χ2v) is 8.17. The van der Waals surface area contributed by atoms with E-state index in [1.165, 1.54) is 30.0 Å². The van der Waals surface area contributed by atoms with E-state index in [9.17, 15) is 33.6 Å². The van der Waals surface area contributed by atoms with Crippen molar-refractivity contribution >= 4 is 53.0 Å². The fourth-order valence-electron chi connectivity index (χ4n) is 3.82. The van der Waals surface area contributed by atoms with Crippen LogP contribution in [0.3, 0.4) is 0 Å². The average molecular weight is 508 g/mol. The number of fused-ring (bicyclic) bond motifs is 1. The van der Waals surface area contributed by atoms with Crippen LogP contribution in [0, 0.1) is 0 Å². The largest absolute Gasteiger partial charge is 0.481 e. The fraction of sp³-hybridized carbons (Fsp3) is 0.240. The quantitative estimate of drug-likeness (QED) is 0.240. The second-order valence-electron chi connectivity index (χ2n) is 8.17. The van der Waals surface area contributed by atoms with E-state index in [0.29, 0.717) is 0 Å². The zero-order valence-corrected chi connectivity index (χ0v) is 19.7. The summed E-state index contributed by atoms with van der Waals surface area (Å²) < 4.78 is 0. The van der Waals surface area contributed by atoms with Crippen molar-refractivity contribution in [2.45, 2.75) is 25.4 Å². The molecule has 3 N–H and O–H groups in total. The third kappa shape index (κ3) is 6.42. The molecule has 4 amide bonds. The number of hydrogen-bond acceptors (Lipinski definition) is 7. The minimum absolute atomic E-state index is 0.0994. The molecule has 0 radical (unpaired) electrons. The van der Waals surface area contributed by atoms with Gasteiger partial charge >= 0.3 is 5.97 Å². The average Bonchev–Trinajstić information content (AvgIpc) is 2.98. The number of carboxylic acids is 1. The van der Waals surface area contributed by atoms with E-state index in [1.807, 2.05) is 0 Å². The first-order valence-electron chi connectivity index (χ1n) is 11.2. The third-order valence-corrected chi connectivity index (χ3v) is 5.53. The second kappa shape index (κ2) is 11.7. The number of anilines is 2. The van der Waals surface area contributed by atoms with Gasteiger partial charge in [-0.1, -0.05) is 42.5 Å². The summed E-state index contributed by atoms with van der Waals surface area (Å²) in [6.45, 7) is 0.301. The standard InChI is InChI=1S/C25H24N4O8/c1-15(31)28-12-18(27-24(36)23(35)16-7-3-2-4-8-16)25(37)29(20-10-6-5-9-19(20)28)13-21(32)26-17(14-30)11-22(33)34/h2-10,14,17-18H,11-13H2,1H3,(H,26,32)(H,27,36)(H,33,34). The molecular formula is C25H24N4O8. The van der Waals surface area contributed by atoms with Gasteiger partial charge in [-0.25, -0.2) is 0 Å². The fourth-order valence-corrected chi connectivity index (χ4v) is 3.82. The van der Waals surface area contributed by atoms with Crippen LogP contribution in [0.15, 0.2) is 54.6 Å².